The quantitative estimate of drug-likeness (QED) is 0.588. The summed E-state index contributed by atoms with van der Waals surface area (Å²) in [4.78, 5) is 25.8. The number of carbonyl (C=O) groups is 2. The first kappa shape index (κ1) is 20.9. The summed E-state index contributed by atoms with van der Waals surface area (Å²) in [5.41, 5.74) is 2.98. The average molecular weight is 405 g/mol. The lowest BCUT2D eigenvalue weighted by Gasteiger charge is -2.19. The van der Waals surface area contributed by atoms with Crippen molar-refractivity contribution in [3.63, 3.8) is 0 Å². The molecule has 0 fully saturated rings. The van der Waals surface area contributed by atoms with Crippen molar-refractivity contribution in [3.05, 3.63) is 89.0 Å². The van der Waals surface area contributed by atoms with Gasteiger partial charge in [0.2, 0.25) is 6.10 Å². The van der Waals surface area contributed by atoms with Crippen LogP contribution < -0.4 is 10.1 Å². The van der Waals surface area contributed by atoms with E-state index in [2.05, 4.69) is 5.32 Å². The van der Waals surface area contributed by atoms with Crippen molar-refractivity contribution in [1.82, 2.24) is 0 Å². The fourth-order valence-electron chi connectivity index (χ4n) is 2.95. The molecule has 0 aliphatic rings. The SMILES string of the molecule is COc1ccc(C(=O)O[C@H](C(=O)Nc2cc(C)ccc2C)c2ccccc2)c(O)c1. The number of hydrogen-bond acceptors (Lipinski definition) is 5. The van der Waals surface area contributed by atoms with Crippen LogP contribution in [0.3, 0.4) is 0 Å². The first-order valence-corrected chi connectivity index (χ1v) is 9.40. The number of nitrogens with one attached hydrogen (secondary N) is 1. The van der Waals surface area contributed by atoms with Crippen LogP contribution in [0, 0.1) is 13.8 Å². The van der Waals surface area contributed by atoms with Gasteiger partial charge in [0.1, 0.15) is 17.1 Å². The summed E-state index contributed by atoms with van der Waals surface area (Å²) in [7, 11) is 1.45. The van der Waals surface area contributed by atoms with E-state index in [-0.39, 0.29) is 11.3 Å². The van der Waals surface area contributed by atoms with E-state index in [0.29, 0.717) is 17.0 Å². The van der Waals surface area contributed by atoms with E-state index in [9.17, 15) is 14.7 Å². The second-order valence-electron chi connectivity index (χ2n) is 6.89. The first-order valence-electron chi connectivity index (χ1n) is 9.40. The fourth-order valence-corrected chi connectivity index (χ4v) is 2.95. The maximum absolute atomic E-state index is 13.1. The molecule has 0 bridgehead atoms. The largest absolute Gasteiger partial charge is 0.507 e. The molecule has 3 aromatic carbocycles. The Morgan fingerprint density at radius 3 is 2.37 bits per heavy atom. The van der Waals surface area contributed by atoms with Crippen LogP contribution in [-0.4, -0.2) is 24.1 Å². The number of esters is 1. The topological polar surface area (TPSA) is 84.9 Å². The number of benzene rings is 3. The smallest absolute Gasteiger partial charge is 0.343 e. The minimum atomic E-state index is -1.19. The van der Waals surface area contributed by atoms with Crippen molar-refractivity contribution in [2.45, 2.75) is 20.0 Å². The molecule has 3 aromatic rings. The van der Waals surface area contributed by atoms with E-state index < -0.39 is 18.0 Å². The molecule has 0 aliphatic carbocycles. The van der Waals surface area contributed by atoms with E-state index in [1.165, 1.54) is 25.3 Å². The number of amides is 1. The third-order valence-electron chi connectivity index (χ3n) is 4.64. The Hall–Kier alpha value is -3.80. The van der Waals surface area contributed by atoms with Crippen molar-refractivity contribution < 1.29 is 24.2 Å². The van der Waals surface area contributed by atoms with E-state index in [0.717, 1.165) is 11.1 Å². The molecule has 0 aromatic heterocycles. The molecular formula is C24H23NO5. The molecule has 0 saturated carbocycles. The Kier molecular flexibility index (Phi) is 6.37. The monoisotopic (exact) mass is 405 g/mol. The number of carbonyl (C=O) groups excluding carboxylic acids is 2. The van der Waals surface area contributed by atoms with E-state index in [1.807, 2.05) is 32.0 Å². The first-order chi connectivity index (χ1) is 14.4. The number of ether oxygens (including phenoxy) is 2. The molecular weight excluding hydrogens is 382 g/mol. The van der Waals surface area contributed by atoms with Crippen LogP contribution in [0.1, 0.15) is 33.2 Å². The fraction of sp³-hybridized carbons (Fsp3) is 0.167. The molecule has 0 heterocycles. The van der Waals surface area contributed by atoms with Gasteiger partial charge in [0.25, 0.3) is 5.91 Å². The van der Waals surface area contributed by atoms with Gasteiger partial charge in [0.05, 0.1) is 7.11 Å². The van der Waals surface area contributed by atoms with Crippen LogP contribution >= 0.6 is 0 Å². The third-order valence-corrected chi connectivity index (χ3v) is 4.64. The number of aryl methyl sites for hydroxylation is 2. The number of phenols is 1. The average Bonchev–Trinajstić information content (AvgIpc) is 2.74. The maximum atomic E-state index is 13.1. The number of anilines is 1. The van der Waals surface area contributed by atoms with Gasteiger partial charge < -0.3 is 19.9 Å². The molecule has 2 N–H and O–H groups in total. The van der Waals surface area contributed by atoms with E-state index >= 15 is 0 Å². The molecule has 154 valence electrons. The molecule has 0 saturated heterocycles. The van der Waals surface area contributed by atoms with Crippen LogP contribution in [0.5, 0.6) is 11.5 Å². The number of rotatable bonds is 6. The van der Waals surface area contributed by atoms with Crippen LogP contribution in [0.2, 0.25) is 0 Å². The maximum Gasteiger partial charge on any atom is 0.343 e. The normalized spacial score (nSPS) is 11.4. The summed E-state index contributed by atoms with van der Waals surface area (Å²) in [5.74, 6) is -1.20. The highest BCUT2D eigenvalue weighted by Crippen LogP contribution is 2.28. The van der Waals surface area contributed by atoms with Crippen LogP contribution in [0.15, 0.2) is 66.7 Å². The molecule has 6 nitrogen and oxygen atoms in total. The lowest BCUT2D eigenvalue weighted by molar-refractivity contribution is -0.125. The van der Waals surface area contributed by atoms with Crippen molar-refractivity contribution >= 4 is 17.6 Å². The Bertz CT molecular complexity index is 1060. The number of phenolic OH excluding ortho intramolecular Hbond substituents is 1. The van der Waals surface area contributed by atoms with E-state index in [1.54, 1.807) is 30.3 Å². The lowest BCUT2D eigenvalue weighted by atomic mass is 10.1. The molecule has 1 amide bonds. The van der Waals surface area contributed by atoms with Gasteiger partial charge in [-0.25, -0.2) is 4.79 Å². The zero-order valence-electron chi connectivity index (χ0n) is 17.0. The summed E-state index contributed by atoms with van der Waals surface area (Å²) in [5, 5.41) is 13.0. The Balaban J connectivity index is 1.89. The zero-order valence-corrected chi connectivity index (χ0v) is 17.0. The minimum absolute atomic E-state index is 0.0590. The Labute approximate surface area is 175 Å². The minimum Gasteiger partial charge on any atom is -0.507 e. The molecule has 3 rings (SSSR count). The highest BCUT2D eigenvalue weighted by molar-refractivity contribution is 5.99. The van der Waals surface area contributed by atoms with Gasteiger partial charge >= 0.3 is 5.97 Å². The van der Waals surface area contributed by atoms with Gasteiger partial charge in [-0.15, -0.1) is 0 Å². The molecule has 6 heteroatoms. The van der Waals surface area contributed by atoms with Crippen molar-refractivity contribution in [2.24, 2.45) is 0 Å². The van der Waals surface area contributed by atoms with Gasteiger partial charge in [-0.1, -0.05) is 42.5 Å². The van der Waals surface area contributed by atoms with Gasteiger partial charge in [-0.3, -0.25) is 4.79 Å². The van der Waals surface area contributed by atoms with Crippen molar-refractivity contribution in [2.75, 3.05) is 12.4 Å². The van der Waals surface area contributed by atoms with Crippen LogP contribution in [0.25, 0.3) is 0 Å². The van der Waals surface area contributed by atoms with Gasteiger partial charge in [-0.05, 0) is 43.2 Å². The van der Waals surface area contributed by atoms with Crippen LogP contribution in [-0.2, 0) is 9.53 Å². The van der Waals surface area contributed by atoms with Crippen LogP contribution in [0.4, 0.5) is 5.69 Å². The van der Waals surface area contributed by atoms with Crippen molar-refractivity contribution in [1.29, 1.82) is 0 Å². The zero-order chi connectivity index (χ0) is 21.7. The Morgan fingerprint density at radius 2 is 1.70 bits per heavy atom. The highest BCUT2D eigenvalue weighted by Gasteiger charge is 2.27. The second kappa shape index (κ2) is 9.13. The molecule has 0 radical (unpaired) electrons. The predicted octanol–water partition coefficient (Wildman–Crippen LogP) is 4.55. The summed E-state index contributed by atoms with van der Waals surface area (Å²) in [6.07, 6.45) is -1.19. The van der Waals surface area contributed by atoms with E-state index in [4.69, 9.17) is 9.47 Å². The lowest BCUT2D eigenvalue weighted by Crippen LogP contribution is -2.26. The summed E-state index contributed by atoms with van der Waals surface area (Å²) >= 11 is 0. The Morgan fingerprint density at radius 1 is 0.967 bits per heavy atom. The van der Waals surface area contributed by atoms with Gasteiger partial charge in [0.15, 0.2) is 0 Å². The molecule has 0 aliphatic heterocycles. The molecule has 30 heavy (non-hydrogen) atoms. The summed E-state index contributed by atoms with van der Waals surface area (Å²) in [6.45, 7) is 3.81. The van der Waals surface area contributed by atoms with Gasteiger partial charge in [0, 0.05) is 17.3 Å². The molecule has 0 unspecified atom stereocenters. The third kappa shape index (κ3) is 4.78. The second-order valence-corrected chi connectivity index (χ2v) is 6.89. The standard InChI is InChI=1S/C24H23NO5/c1-15-9-10-16(2)20(13-15)25-23(27)22(17-7-5-4-6-8-17)30-24(28)19-12-11-18(29-3)14-21(19)26/h4-14,22,26H,1-3H3,(H,25,27)/t22-/m0/s1. The van der Waals surface area contributed by atoms with Crippen molar-refractivity contribution in [3.8, 4) is 11.5 Å². The highest BCUT2D eigenvalue weighted by atomic mass is 16.5. The van der Waals surface area contributed by atoms with Gasteiger partial charge in [-0.2, -0.15) is 0 Å². The number of hydrogen-bond donors (Lipinski definition) is 2. The summed E-state index contributed by atoms with van der Waals surface area (Å²) in [6, 6.07) is 18.7. The number of aromatic hydroxyl groups is 1. The molecule has 1 atom stereocenters. The molecule has 0 spiro atoms. The summed E-state index contributed by atoms with van der Waals surface area (Å²) < 4.78 is 10.6. The predicted molar refractivity (Wildman–Crippen MR) is 114 cm³/mol. The number of methoxy groups -OCH3 is 1.